The average molecular weight is 134 g/mol. The van der Waals surface area contributed by atoms with E-state index in [4.69, 9.17) is 4.43 Å². The Bertz CT molecular complexity index is 28.9. The molecule has 0 aromatic carbocycles. The maximum atomic E-state index is 5.27. The van der Waals surface area contributed by atoms with Crippen molar-refractivity contribution in [1.29, 1.82) is 0 Å². The third kappa shape index (κ3) is 6.39. The number of hydrogen-bond donors (Lipinski definition) is 0. The number of rotatable bonds is 4. The van der Waals surface area contributed by atoms with Gasteiger partial charge in [0.1, 0.15) is 9.28 Å². The molecule has 0 bridgehead atoms. The van der Waals surface area contributed by atoms with Crippen LogP contribution in [0.15, 0.2) is 0 Å². The zero-order chi connectivity index (χ0) is 5.54. The van der Waals surface area contributed by atoms with Gasteiger partial charge in [-0.05, 0) is 6.42 Å². The summed E-state index contributed by atoms with van der Waals surface area (Å²) in [7, 11) is 1.36. The van der Waals surface area contributed by atoms with Gasteiger partial charge in [-0.2, -0.15) is 0 Å². The van der Waals surface area contributed by atoms with Gasteiger partial charge in [0.05, 0.1) is 0 Å². The van der Waals surface area contributed by atoms with E-state index in [0.29, 0.717) is 0 Å². The molecule has 0 heterocycles. The Kier molecular flexibility index (Phi) is 6.75. The summed E-state index contributed by atoms with van der Waals surface area (Å²) in [5, 5.41) is 0. The van der Waals surface area contributed by atoms with Crippen LogP contribution in [0.4, 0.5) is 0 Å². The van der Waals surface area contributed by atoms with E-state index < -0.39 is 0 Å². The highest BCUT2D eigenvalue weighted by atomic mass is 29.1. The monoisotopic (exact) mass is 134 g/mol. The molecule has 0 aromatic rings. The normalized spacial score (nSPS) is 11.6. The lowest BCUT2D eigenvalue weighted by atomic mass is 10.4. The molecule has 7 heavy (non-hydrogen) atoms. The van der Waals surface area contributed by atoms with E-state index >= 15 is 0 Å². The molecule has 0 amide bonds. The summed E-state index contributed by atoms with van der Waals surface area (Å²) in [6, 6.07) is 0. The zero-order valence-corrected chi connectivity index (χ0v) is 8.65. The van der Waals surface area contributed by atoms with E-state index in [1.165, 1.54) is 22.6 Å². The van der Waals surface area contributed by atoms with E-state index in [0.717, 1.165) is 6.61 Å². The van der Waals surface area contributed by atoms with E-state index in [1.807, 2.05) is 0 Å². The Labute approximate surface area is 50.6 Å². The molecule has 1 nitrogen and oxygen atoms in total. The summed E-state index contributed by atoms with van der Waals surface area (Å²) < 4.78 is 5.27. The Morgan fingerprint density at radius 1 is 1.71 bits per heavy atom. The lowest BCUT2D eigenvalue weighted by Crippen LogP contribution is -1.98. The van der Waals surface area contributed by atoms with Crippen LogP contribution in [0.1, 0.15) is 19.8 Å². The molecule has 44 valence electrons. The predicted octanol–water partition coefficient (Wildman–Crippen LogP) is -0.833. The second-order valence-electron chi connectivity index (χ2n) is 1.55. The molecule has 0 aliphatic rings. The van der Waals surface area contributed by atoms with Crippen LogP contribution in [0.5, 0.6) is 0 Å². The third-order valence-electron chi connectivity index (χ3n) is 0.846. The summed E-state index contributed by atoms with van der Waals surface area (Å²) in [4.78, 5) is 0. The molecule has 0 aliphatic carbocycles. The summed E-state index contributed by atoms with van der Waals surface area (Å²) in [6.07, 6.45) is 2.53. The molecule has 0 rings (SSSR count). The predicted molar refractivity (Wildman–Crippen MR) is 39.3 cm³/mol. The molecule has 0 radical (unpaired) electrons. The lowest BCUT2D eigenvalue weighted by Gasteiger charge is -1.95. The fourth-order valence-electron chi connectivity index (χ4n) is 0.391. The topological polar surface area (TPSA) is 9.23 Å². The van der Waals surface area contributed by atoms with Gasteiger partial charge in [0.2, 0.25) is 0 Å². The van der Waals surface area contributed by atoms with Crippen molar-refractivity contribution in [2.45, 2.75) is 19.8 Å². The maximum Gasteiger partial charge on any atom is 0.139 e. The average Bonchev–Trinajstić information content (AvgIpc) is 1.69. The van der Waals surface area contributed by atoms with Crippen LogP contribution in [0.25, 0.3) is 0 Å². The smallest absolute Gasteiger partial charge is 0.139 e. The fourth-order valence-corrected chi connectivity index (χ4v) is 1.75. The van der Waals surface area contributed by atoms with Crippen LogP contribution < -0.4 is 0 Å². The van der Waals surface area contributed by atoms with Crippen molar-refractivity contribution in [1.82, 2.24) is 0 Å². The molecule has 0 N–H and O–H groups in total. The largest absolute Gasteiger partial charge is 0.428 e. The fraction of sp³-hybridized carbons (Fsp3) is 1.00. The van der Waals surface area contributed by atoms with E-state index in [1.54, 1.807) is 0 Å². The molecular weight excluding hydrogens is 120 g/mol. The van der Waals surface area contributed by atoms with Gasteiger partial charge in [-0.1, -0.05) is 13.3 Å². The van der Waals surface area contributed by atoms with Crippen molar-refractivity contribution in [3.8, 4) is 0 Å². The summed E-state index contributed by atoms with van der Waals surface area (Å²) in [5.41, 5.74) is 0. The minimum Gasteiger partial charge on any atom is -0.428 e. The van der Waals surface area contributed by atoms with Gasteiger partial charge < -0.3 is 4.43 Å². The van der Waals surface area contributed by atoms with Crippen LogP contribution in [0.2, 0.25) is 0 Å². The van der Waals surface area contributed by atoms with E-state index in [9.17, 15) is 0 Å². The standard InChI is InChI=1S/C4H14OSi2/c1-2-3-4-5-7-6/h2-4,7H2,1,6H3. The molecule has 0 atom stereocenters. The molecule has 0 unspecified atom stereocenters. The Morgan fingerprint density at radius 2 is 2.43 bits per heavy atom. The van der Waals surface area contributed by atoms with Crippen molar-refractivity contribution in [2.75, 3.05) is 6.61 Å². The van der Waals surface area contributed by atoms with Crippen molar-refractivity contribution in [3.63, 3.8) is 0 Å². The highest BCUT2D eigenvalue weighted by molar-refractivity contribution is 6.85. The minimum absolute atomic E-state index is 0.0326. The van der Waals surface area contributed by atoms with Gasteiger partial charge >= 0.3 is 0 Å². The van der Waals surface area contributed by atoms with Gasteiger partial charge in [-0.3, -0.25) is 0 Å². The quantitative estimate of drug-likeness (QED) is 0.360. The first-order valence-corrected chi connectivity index (χ1v) is 9.23. The van der Waals surface area contributed by atoms with Crippen molar-refractivity contribution in [2.24, 2.45) is 0 Å². The molecular formula is C4H14OSi2. The van der Waals surface area contributed by atoms with E-state index in [2.05, 4.69) is 6.92 Å². The molecule has 0 aromatic heterocycles. The highest BCUT2D eigenvalue weighted by Crippen LogP contribution is 1.84. The van der Waals surface area contributed by atoms with Crippen LogP contribution >= 0.6 is 0 Å². The highest BCUT2D eigenvalue weighted by Gasteiger charge is 1.78. The Balaban J connectivity index is 2.45. The summed E-state index contributed by atoms with van der Waals surface area (Å²) in [5.74, 6) is 0. The van der Waals surface area contributed by atoms with Gasteiger partial charge in [0.25, 0.3) is 0 Å². The SMILES string of the molecule is CCCCO[SiH2][SiH3]. The Hall–Kier alpha value is 0.394. The van der Waals surface area contributed by atoms with Crippen LogP contribution in [-0.2, 0) is 4.43 Å². The van der Waals surface area contributed by atoms with Gasteiger partial charge in [0, 0.05) is 16.4 Å². The molecule has 0 aliphatic heterocycles. The summed E-state index contributed by atoms with van der Waals surface area (Å²) >= 11 is 0. The molecule has 0 spiro atoms. The molecule has 0 saturated carbocycles. The molecule has 0 fully saturated rings. The van der Waals surface area contributed by atoms with Gasteiger partial charge in [0.15, 0.2) is 0 Å². The van der Waals surface area contributed by atoms with Crippen molar-refractivity contribution in [3.05, 3.63) is 0 Å². The second-order valence-corrected chi connectivity index (χ2v) is 4.27. The van der Waals surface area contributed by atoms with E-state index in [-0.39, 0.29) is 9.28 Å². The molecule has 3 heteroatoms. The van der Waals surface area contributed by atoms with Crippen molar-refractivity contribution < 1.29 is 4.43 Å². The second kappa shape index (κ2) is 6.39. The maximum absolute atomic E-state index is 5.27. The minimum atomic E-state index is 0.0326. The summed E-state index contributed by atoms with van der Waals surface area (Å²) in [6.45, 7) is 3.23. The van der Waals surface area contributed by atoms with Crippen LogP contribution in [0, 0.1) is 0 Å². The lowest BCUT2D eigenvalue weighted by molar-refractivity contribution is 0.335. The first-order chi connectivity index (χ1) is 3.41. The molecule has 0 saturated heterocycles. The first kappa shape index (κ1) is 7.39. The van der Waals surface area contributed by atoms with Crippen LogP contribution in [-0.4, -0.2) is 25.6 Å². The first-order valence-electron chi connectivity index (χ1n) is 2.99. The van der Waals surface area contributed by atoms with Crippen molar-refractivity contribution >= 4 is 19.0 Å². The third-order valence-corrected chi connectivity index (χ3v) is 2.77. The Morgan fingerprint density at radius 3 is 2.86 bits per heavy atom. The zero-order valence-electron chi connectivity index (χ0n) is 5.24. The number of unbranched alkanes of at least 4 members (excludes halogenated alkanes) is 1. The number of hydrogen-bond acceptors (Lipinski definition) is 1. The van der Waals surface area contributed by atoms with Crippen LogP contribution in [0.3, 0.4) is 0 Å². The van der Waals surface area contributed by atoms with Gasteiger partial charge in [-0.25, -0.2) is 0 Å². The van der Waals surface area contributed by atoms with Gasteiger partial charge in [-0.15, -0.1) is 0 Å².